The van der Waals surface area contributed by atoms with Crippen molar-refractivity contribution in [2.45, 2.75) is 6.92 Å². The molecule has 9 nitrogen and oxygen atoms in total. The van der Waals surface area contributed by atoms with Gasteiger partial charge in [0.25, 0.3) is 20.2 Å². The van der Waals surface area contributed by atoms with Crippen LogP contribution in [-0.2, 0) is 28.6 Å². The van der Waals surface area contributed by atoms with Gasteiger partial charge in [-0.2, -0.15) is 16.8 Å². The Bertz CT molecular complexity index is 1720. The van der Waals surface area contributed by atoms with Gasteiger partial charge in [-0.1, -0.05) is 46.3 Å². The fourth-order valence-corrected chi connectivity index (χ4v) is 5.82. The Morgan fingerprint density at radius 2 is 1.47 bits per heavy atom. The number of hydrogen-bond donors (Lipinski definition) is 0. The molecule has 0 unspecified atom stereocenters. The van der Waals surface area contributed by atoms with Crippen LogP contribution in [-0.4, -0.2) is 66.8 Å². The third-order valence-corrected chi connectivity index (χ3v) is 8.66. The molecule has 0 aliphatic heterocycles. The molecule has 43 heavy (non-hydrogen) atoms. The van der Waals surface area contributed by atoms with Crippen molar-refractivity contribution in [3.63, 3.8) is 0 Å². The smallest absolute Gasteiger partial charge is 0.264 e. The van der Waals surface area contributed by atoms with E-state index in [1.807, 2.05) is 83.9 Å². The standard InChI is InChI=1S/C29H30BrN3O6S3.ClH/c1-21-18-27(33(14-16-38-41(2,34)35)15-17-39-42(3,36)37)13-8-24(21)19-31-26-11-6-22(7-12-26)28-20-40-29(32-28)23-4-9-25(30)10-5-23;/h4-13,18-20H,14-17H2,1-3H3;1H. The monoisotopic (exact) mass is 727 g/mol. The molecule has 0 aliphatic carbocycles. The molecule has 0 atom stereocenters. The summed E-state index contributed by atoms with van der Waals surface area (Å²) in [6, 6.07) is 21.7. The van der Waals surface area contributed by atoms with E-state index in [4.69, 9.17) is 13.4 Å². The van der Waals surface area contributed by atoms with E-state index in [2.05, 4.69) is 20.9 Å². The number of nitrogens with zero attached hydrogens (tertiary/aromatic N) is 3. The lowest BCUT2D eigenvalue weighted by Crippen LogP contribution is -2.32. The summed E-state index contributed by atoms with van der Waals surface area (Å²) in [5, 5.41) is 3.01. The fourth-order valence-electron chi connectivity index (χ4n) is 3.96. The summed E-state index contributed by atoms with van der Waals surface area (Å²) < 4.78 is 56.3. The summed E-state index contributed by atoms with van der Waals surface area (Å²) in [5.74, 6) is 0. The number of thiazole rings is 1. The van der Waals surface area contributed by atoms with Crippen LogP contribution in [0.2, 0.25) is 0 Å². The molecular formula is C29H31BrClN3O6S3. The Morgan fingerprint density at radius 3 is 2.02 bits per heavy atom. The summed E-state index contributed by atoms with van der Waals surface area (Å²) in [6.45, 7) is 2.23. The molecule has 0 saturated heterocycles. The molecule has 14 heteroatoms. The van der Waals surface area contributed by atoms with E-state index in [0.717, 1.165) is 61.3 Å². The second kappa shape index (κ2) is 15.4. The van der Waals surface area contributed by atoms with Crippen LogP contribution in [0.5, 0.6) is 0 Å². The van der Waals surface area contributed by atoms with Crippen molar-refractivity contribution in [1.82, 2.24) is 4.98 Å². The van der Waals surface area contributed by atoms with Gasteiger partial charge >= 0.3 is 0 Å². The number of aromatic nitrogens is 1. The topological polar surface area (TPSA) is 115 Å². The van der Waals surface area contributed by atoms with Gasteiger partial charge in [0.05, 0.1) is 37.1 Å². The molecule has 230 valence electrons. The van der Waals surface area contributed by atoms with Crippen molar-refractivity contribution in [3.05, 3.63) is 87.7 Å². The first-order chi connectivity index (χ1) is 19.9. The number of aryl methyl sites for hydroxylation is 1. The Hall–Kier alpha value is -2.65. The first kappa shape index (κ1) is 34.8. The Labute approximate surface area is 271 Å². The highest BCUT2D eigenvalue weighted by atomic mass is 79.9. The van der Waals surface area contributed by atoms with Gasteiger partial charge in [-0.25, -0.2) is 4.98 Å². The van der Waals surface area contributed by atoms with Crippen LogP contribution in [0.4, 0.5) is 11.4 Å². The Morgan fingerprint density at radius 1 is 0.884 bits per heavy atom. The van der Waals surface area contributed by atoms with Crippen molar-refractivity contribution in [1.29, 1.82) is 0 Å². The molecule has 4 rings (SSSR count). The summed E-state index contributed by atoms with van der Waals surface area (Å²) in [7, 11) is -7.20. The molecule has 0 bridgehead atoms. The van der Waals surface area contributed by atoms with Gasteiger partial charge < -0.3 is 4.90 Å². The minimum absolute atomic E-state index is 0. The van der Waals surface area contributed by atoms with Crippen molar-refractivity contribution in [2.75, 3.05) is 43.7 Å². The Kier molecular flexibility index (Phi) is 12.5. The third kappa shape index (κ3) is 11.1. The molecule has 0 radical (unpaired) electrons. The normalized spacial score (nSPS) is 11.9. The number of aliphatic imine (C=N–C) groups is 1. The summed E-state index contributed by atoms with van der Waals surface area (Å²) >= 11 is 5.06. The molecule has 0 spiro atoms. The van der Waals surface area contributed by atoms with Gasteiger partial charge in [0.1, 0.15) is 5.01 Å². The summed E-state index contributed by atoms with van der Waals surface area (Å²) in [4.78, 5) is 11.2. The number of benzene rings is 3. The summed E-state index contributed by atoms with van der Waals surface area (Å²) in [5.41, 5.74) is 6.40. The fraction of sp³-hybridized carbons (Fsp3) is 0.241. The minimum Gasteiger partial charge on any atom is -0.367 e. The largest absolute Gasteiger partial charge is 0.367 e. The van der Waals surface area contributed by atoms with Crippen LogP contribution in [0.25, 0.3) is 21.8 Å². The first-order valence-corrected chi connectivity index (χ1v) is 18.1. The average molecular weight is 729 g/mol. The van der Waals surface area contributed by atoms with Crippen LogP contribution in [0.15, 0.2) is 81.6 Å². The molecule has 0 amide bonds. The van der Waals surface area contributed by atoms with Gasteiger partial charge in [-0.3, -0.25) is 13.4 Å². The van der Waals surface area contributed by atoms with E-state index in [-0.39, 0.29) is 38.7 Å². The molecule has 1 heterocycles. The second-order valence-corrected chi connectivity index (χ2v) is 14.5. The van der Waals surface area contributed by atoms with E-state index in [0.29, 0.717) is 0 Å². The van der Waals surface area contributed by atoms with Gasteiger partial charge in [0.2, 0.25) is 0 Å². The van der Waals surface area contributed by atoms with E-state index < -0.39 is 20.2 Å². The highest BCUT2D eigenvalue weighted by Gasteiger charge is 2.12. The third-order valence-electron chi connectivity index (χ3n) is 6.05. The van der Waals surface area contributed by atoms with Crippen LogP contribution >= 0.6 is 39.7 Å². The zero-order valence-corrected chi connectivity index (χ0v) is 28.5. The van der Waals surface area contributed by atoms with Gasteiger partial charge in [-0.05, 0) is 54.4 Å². The molecule has 0 fully saturated rings. The predicted molar refractivity (Wildman–Crippen MR) is 180 cm³/mol. The minimum atomic E-state index is -3.60. The maximum absolute atomic E-state index is 11.4. The van der Waals surface area contributed by atoms with Gasteiger partial charge in [0, 0.05) is 46.0 Å². The lowest BCUT2D eigenvalue weighted by molar-refractivity contribution is 0.309. The first-order valence-electron chi connectivity index (χ1n) is 12.8. The molecule has 1 aromatic heterocycles. The quantitative estimate of drug-likeness (QED) is 0.114. The van der Waals surface area contributed by atoms with Crippen molar-refractivity contribution in [3.8, 4) is 21.8 Å². The lowest BCUT2D eigenvalue weighted by atomic mass is 10.1. The van der Waals surface area contributed by atoms with Crippen LogP contribution in [0.3, 0.4) is 0 Å². The van der Waals surface area contributed by atoms with Crippen molar-refractivity contribution >= 4 is 77.5 Å². The number of halogens is 2. The van der Waals surface area contributed by atoms with Crippen LogP contribution in [0.1, 0.15) is 11.1 Å². The predicted octanol–water partition coefficient (Wildman–Crippen LogP) is 6.48. The molecule has 0 saturated carbocycles. The number of hydrogen-bond acceptors (Lipinski definition) is 10. The van der Waals surface area contributed by atoms with E-state index >= 15 is 0 Å². The van der Waals surface area contributed by atoms with Gasteiger partial charge in [0.15, 0.2) is 0 Å². The zero-order chi connectivity index (χ0) is 30.3. The van der Waals surface area contributed by atoms with Crippen LogP contribution in [0, 0.1) is 6.92 Å². The molecule has 3 aromatic carbocycles. The maximum Gasteiger partial charge on any atom is 0.264 e. The van der Waals surface area contributed by atoms with Crippen LogP contribution < -0.4 is 4.90 Å². The van der Waals surface area contributed by atoms with Crippen molar-refractivity contribution in [2.24, 2.45) is 4.99 Å². The average Bonchev–Trinajstić information content (AvgIpc) is 3.41. The van der Waals surface area contributed by atoms with E-state index in [9.17, 15) is 16.8 Å². The molecular weight excluding hydrogens is 698 g/mol. The lowest BCUT2D eigenvalue weighted by Gasteiger charge is -2.25. The van der Waals surface area contributed by atoms with E-state index in [1.165, 1.54) is 0 Å². The molecule has 4 aromatic rings. The molecule has 0 aliphatic rings. The zero-order valence-electron chi connectivity index (χ0n) is 23.6. The highest BCUT2D eigenvalue weighted by molar-refractivity contribution is 9.10. The van der Waals surface area contributed by atoms with Crippen molar-refractivity contribution < 1.29 is 25.2 Å². The van der Waals surface area contributed by atoms with E-state index in [1.54, 1.807) is 17.6 Å². The Balaban J connectivity index is 0.00000506. The SMILES string of the molecule is Cc1cc(N(CCOS(C)(=O)=O)CCOS(C)(=O)=O)ccc1C=Nc1ccc(-c2csc(-c3ccc(Br)cc3)n2)cc1.Cl. The highest BCUT2D eigenvalue weighted by Crippen LogP contribution is 2.30. The maximum atomic E-state index is 11.4. The number of anilines is 1. The number of rotatable bonds is 13. The molecule has 0 N–H and O–H groups in total. The van der Waals surface area contributed by atoms with Gasteiger partial charge in [-0.15, -0.1) is 23.7 Å². The second-order valence-electron chi connectivity index (χ2n) is 9.43. The summed E-state index contributed by atoms with van der Waals surface area (Å²) in [6.07, 6.45) is 3.75.